The predicted molar refractivity (Wildman–Crippen MR) is 181 cm³/mol. The van der Waals surface area contributed by atoms with Crippen molar-refractivity contribution >= 4 is 13.7 Å². The zero-order valence-corrected chi connectivity index (χ0v) is 28.6. The zero-order chi connectivity index (χ0) is 32.7. The van der Waals surface area contributed by atoms with Crippen LogP contribution in [0.1, 0.15) is 136 Å². The van der Waals surface area contributed by atoms with Crippen LogP contribution in [0.15, 0.2) is 36.5 Å². The molecule has 0 fully saturated rings. The minimum absolute atomic E-state index is 0.0421. The zero-order valence-electron chi connectivity index (χ0n) is 27.8. The predicted octanol–water partition coefficient (Wildman–Crippen LogP) is 7.41. The first-order chi connectivity index (χ1) is 21.3. The Morgan fingerprint density at radius 3 is 1.93 bits per heavy atom. The van der Waals surface area contributed by atoms with E-state index in [1.165, 1.54) is 57.8 Å². The van der Waals surface area contributed by atoms with Crippen molar-refractivity contribution in [3.05, 3.63) is 36.5 Å². The van der Waals surface area contributed by atoms with Gasteiger partial charge in [0.1, 0.15) is 0 Å². The topological polar surface area (TPSA) is 151 Å². The maximum Gasteiger partial charge on any atom is 0.472 e. The normalized spacial score (nSPS) is 15.7. The Labute approximate surface area is 268 Å². The van der Waals surface area contributed by atoms with Crippen molar-refractivity contribution in [3.63, 3.8) is 0 Å². The summed E-state index contributed by atoms with van der Waals surface area (Å²) >= 11 is 0. The Kier molecular flexibility index (Phi) is 29.4. The molecule has 4 unspecified atom stereocenters. The number of amides is 1. The van der Waals surface area contributed by atoms with E-state index in [1.54, 1.807) is 6.08 Å². The average Bonchev–Trinajstić information content (AvgIpc) is 2.99. The van der Waals surface area contributed by atoms with Crippen LogP contribution in [0.2, 0.25) is 0 Å². The molecular formula is C34H65N2O7P. The van der Waals surface area contributed by atoms with E-state index in [0.717, 1.165) is 44.9 Å². The van der Waals surface area contributed by atoms with Crippen LogP contribution in [-0.2, 0) is 18.4 Å². The lowest BCUT2D eigenvalue weighted by atomic mass is 10.1. The Morgan fingerprint density at radius 2 is 1.30 bits per heavy atom. The monoisotopic (exact) mass is 644 g/mol. The number of rotatable bonds is 31. The number of allylic oxidation sites excluding steroid dienone is 5. The van der Waals surface area contributed by atoms with E-state index in [-0.39, 0.29) is 19.6 Å². The number of aliphatic hydroxyl groups excluding tert-OH is 2. The standard InChI is InChI=1S/C34H65N2O7P/c1-3-5-7-9-11-13-15-16-18-20-22-24-26-33(38)32(30-43-44(40,41)42-28-27-35)36-34(39)29-31(37)25-23-21-19-17-14-12-10-8-6-4-2/h12,14,16,18,24,26,31-33,37-38H,3-11,13,15,17,19-23,25,27-30,35H2,1-2H3,(H,36,39)(H,40,41)/b14-12-,18-16+,26-24+. The van der Waals surface area contributed by atoms with Gasteiger partial charge in [-0.3, -0.25) is 13.8 Å². The third-order valence-electron chi connectivity index (χ3n) is 7.24. The Morgan fingerprint density at radius 1 is 0.773 bits per heavy atom. The van der Waals surface area contributed by atoms with Gasteiger partial charge >= 0.3 is 7.82 Å². The minimum Gasteiger partial charge on any atom is -0.393 e. The molecule has 1 amide bonds. The molecular weight excluding hydrogens is 579 g/mol. The van der Waals surface area contributed by atoms with Gasteiger partial charge in [0, 0.05) is 6.54 Å². The van der Waals surface area contributed by atoms with E-state index in [2.05, 4.69) is 43.5 Å². The van der Waals surface area contributed by atoms with Gasteiger partial charge in [-0.15, -0.1) is 0 Å². The van der Waals surface area contributed by atoms with Gasteiger partial charge in [-0.25, -0.2) is 4.57 Å². The number of phosphoric ester groups is 1. The Balaban J connectivity index is 4.61. The highest BCUT2D eigenvalue weighted by Crippen LogP contribution is 2.43. The van der Waals surface area contributed by atoms with Gasteiger partial charge in [-0.05, 0) is 57.8 Å². The number of aliphatic hydroxyl groups is 2. The summed E-state index contributed by atoms with van der Waals surface area (Å²) in [5.41, 5.74) is 5.32. The van der Waals surface area contributed by atoms with Crippen molar-refractivity contribution in [3.8, 4) is 0 Å². The Hall–Kier alpha value is -1.32. The van der Waals surface area contributed by atoms with Crippen LogP contribution in [0.5, 0.6) is 0 Å². The SMILES string of the molecule is CCCCC/C=C\CCCCCC(O)CC(=O)NC(COP(=O)(O)OCCN)C(O)/C=C/CC/C=C/CCCCCCCC. The van der Waals surface area contributed by atoms with Gasteiger partial charge < -0.3 is 26.2 Å². The molecule has 4 atom stereocenters. The maximum absolute atomic E-state index is 12.7. The number of phosphoric acid groups is 1. The number of hydrogen-bond donors (Lipinski definition) is 5. The van der Waals surface area contributed by atoms with Gasteiger partial charge in [-0.1, -0.05) is 108 Å². The number of carbonyl (C=O) groups excluding carboxylic acids is 1. The molecule has 0 aliphatic heterocycles. The van der Waals surface area contributed by atoms with Crippen molar-refractivity contribution in [2.75, 3.05) is 19.8 Å². The molecule has 0 aliphatic carbocycles. The van der Waals surface area contributed by atoms with E-state index < -0.39 is 38.6 Å². The summed E-state index contributed by atoms with van der Waals surface area (Å²) < 4.78 is 21.9. The highest BCUT2D eigenvalue weighted by atomic mass is 31.2. The second-order valence-electron chi connectivity index (χ2n) is 11.5. The summed E-state index contributed by atoms with van der Waals surface area (Å²) in [4.78, 5) is 22.5. The molecule has 0 radical (unpaired) electrons. The van der Waals surface area contributed by atoms with E-state index >= 15 is 0 Å². The molecule has 9 nitrogen and oxygen atoms in total. The van der Waals surface area contributed by atoms with E-state index in [0.29, 0.717) is 12.8 Å². The number of unbranched alkanes of at least 4 members (excludes halogenated alkanes) is 13. The quantitative estimate of drug-likeness (QED) is 0.0297. The molecule has 0 spiro atoms. The molecule has 0 aromatic carbocycles. The van der Waals surface area contributed by atoms with E-state index in [4.69, 9.17) is 14.8 Å². The second kappa shape index (κ2) is 30.3. The maximum atomic E-state index is 12.7. The van der Waals surface area contributed by atoms with E-state index in [9.17, 15) is 24.5 Å². The largest absolute Gasteiger partial charge is 0.472 e. The third-order valence-corrected chi connectivity index (χ3v) is 8.23. The van der Waals surface area contributed by atoms with Crippen LogP contribution in [-0.4, -0.2) is 59.0 Å². The lowest BCUT2D eigenvalue weighted by Crippen LogP contribution is -2.46. The molecule has 0 aromatic heterocycles. The summed E-state index contributed by atoms with van der Waals surface area (Å²) in [6.07, 6.45) is 29.5. The second-order valence-corrected chi connectivity index (χ2v) is 13.0. The smallest absolute Gasteiger partial charge is 0.393 e. The molecule has 10 heteroatoms. The number of nitrogens with two attached hydrogens (primary N) is 1. The van der Waals surface area contributed by atoms with Crippen LogP contribution in [0.3, 0.4) is 0 Å². The van der Waals surface area contributed by atoms with E-state index in [1.807, 2.05) is 6.08 Å². The van der Waals surface area contributed by atoms with Gasteiger partial charge in [0.2, 0.25) is 5.91 Å². The molecule has 6 N–H and O–H groups in total. The molecule has 44 heavy (non-hydrogen) atoms. The van der Waals surface area contributed by atoms with Gasteiger partial charge in [0.15, 0.2) is 0 Å². The van der Waals surface area contributed by atoms with Crippen molar-refractivity contribution in [1.82, 2.24) is 5.32 Å². The summed E-state index contributed by atoms with van der Waals surface area (Å²) in [5.74, 6) is -0.471. The lowest BCUT2D eigenvalue weighted by molar-refractivity contribution is -0.124. The first-order valence-corrected chi connectivity index (χ1v) is 18.7. The van der Waals surface area contributed by atoms with Crippen molar-refractivity contribution in [2.45, 2.75) is 154 Å². The van der Waals surface area contributed by atoms with Crippen LogP contribution in [0.25, 0.3) is 0 Å². The van der Waals surface area contributed by atoms with Crippen LogP contribution < -0.4 is 11.1 Å². The summed E-state index contributed by atoms with van der Waals surface area (Å²) in [6, 6.07) is -1.000. The molecule has 0 saturated heterocycles. The molecule has 0 heterocycles. The average molecular weight is 645 g/mol. The van der Waals surface area contributed by atoms with Crippen LogP contribution >= 0.6 is 7.82 Å². The fourth-order valence-corrected chi connectivity index (χ4v) is 5.35. The number of hydrogen-bond acceptors (Lipinski definition) is 7. The summed E-state index contributed by atoms with van der Waals surface area (Å²) in [7, 11) is -4.40. The van der Waals surface area contributed by atoms with Crippen LogP contribution in [0, 0.1) is 0 Å². The summed E-state index contributed by atoms with van der Waals surface area (Å²) in [6.45, 7) is 3.85. The molecule has 0 aromatic rings. The minimum atomic E-state index is -4.40. The highest BCUT2D eigenvalue weighted by Gasteiger charge is 2.27. The molecule has 0 rings (SSSR count). The third kappa shape index (κ3) is 28.2. The first kappa shape index (κ1) is 42.7. The van der Waals surface area contributed by atoms with Gasteiger partial charge in [-0.2, -0.15) is 0 Å². The molecule has 258 valence electrons. The summed E-state index contributed by atoms with van der Waals surface area (Å²) in [5, 5.41) is 23.8. The van der Waals surface area contributed by atoms with Crippen LogP contribution in [0.4, 0.5) is 0 Å². The molecule has 0 saturated carbocycles. The highest BCUT2D eigenvalue weighted by molar-refractivity contribution is 7.47. The fraction of sp³-hybridized carbons (Fsp3) is 0.794. The van der Waals surface area contributed by atoms with Crippen molar-refractivity contribution in [1.29, 1.82) is 0 Å². The Bertz CT molecular complexity index is 806. The number of carbonyl (C=O) groups is 1. The first-order valence-electron chi connectivity index (χ1n) is 17.2. The van der Waals surface area contributed by atoms with Crippen molar-refractivity contribution < 1.29 is 33.5 Å². The van der Waals surface area contributed by atoms with Gasteiger partial charge in [0.05, 0.1) is 37.9 Å². The fourth-order valence-electron chi connectivity index (χ4n) is 4.59. The number of nitrogens with one attached hydrogen (secondary N) is 1. The molecule has 0 bridgehead atoms. The van der Waals surface area contributed by atoms with Crippen molar-refractivity contribution in [2.24, 2.45) is 5.73 Å². The lowest BCUT2D eigenvalue weighted by Gasteiger charge is -2.24. The van der Waals surface area contributed by atoms with Gasteiger partial charge in [0.25, 0.3) is 0 Å². The molecule has 0 aliphatic rings.